The molecule has 0 spiro atoms. The molecule has 1 saturated carbocycles. The van der Waals surface area contributed by atoms with Crippen LogP contribution in [0.1, 0.15) is 32.1 Å². The maximum atomic E-state index is 9.32. The van der Waals surface area contributed by atoms with E-state index in [1.54, 1.807) is 7.11 Å². The smallest absolute Gasteiger partial charge is 0.292 e. The zero-order valence-electron chi connectivity index (χ0n) is 12.1. The predicted octanol–water partition coefficient (Wildman–Crippen LogP) is 1.05. The van der Waals surface area contributed by atoms with Crippen molar-refractivity contribution in [3.05, 3.63) is 0 Å². The minimum atomic E-state index is -0.240. The number of carbonyl (C=O) groups is 1. The zero-order chi connectivity index (χ0) is 14.1. The summed E-state index contributed by atoms with van der Waals surface area (Å²) in [6.07, 6.45) is 6.23. The van der Waals surface area contributed by atoms with Gasteiger partial charge in [-0.25, -0.2) is 0 Å². The van der Waals surface area contributed by atoms with Gasteiger partial charge < -0.3 is 19.5 Å². The molecule has 2 rings (SSSR count). The van der Waals surface area contributed by atoms with Gasteiger partial charge in [0.2, 0.25) is 0 Å². The van der Waals surface area contributed by atoms with Gasteiger partial charge in [-0.15, -0.1) is 0 Å². The Labute approximate surface area is 115 Å². The number of methoxy groups -OCH3 is 2. The van der Waals surface area contributed by atoms with Gasteiger partial charge in [0.1, 0.15) is 0 Å². The Balaban J connectivity index is 0.000000399. The standard InChI is InChI=1S/C12H23NO2.C2H4O2/c1-15-12(10-14)5-7-13(8-6-12)9-11-3-2-4-11;1-4-2-3/h11,14H,2-10H2,1H3;2H,1H3. The summed E-state index contributed by atoms with van der Waals surface area (Å²) in [6, 6.07) is 0. The summed E-state index contributed by atoms with van der Waals surface area (Å²) in [5, 5.41) is 9.32. The first-order chi connectivity index (χ1) is 9.19. The lowest BCUT2D eigenvalue weighted by Crippen LogP contribution is -2.49. The molecule has 0 aromatic carbocycles. The van der Waals surface area contributed by atoms with E-state index in [1.165, 1.54) is 32.9 Å². The Kier molecular flexibility index (Phi) is 7.34. The Morgan fingerprint density at radius 2 is 1.89 bits per heavy atom. The van der Waals surface area contributed by atoms with Gasteiger partial charge >= 0.3 is 0 Å². The third kappa shape index (κ3) is 5.09. The Bertz CT molecular complexity index is 242. The molecule has 1 N–H and O–H groups in total. The molecule has 0 unspecified atom stereocenters. The largest absolute Gasteiger partial charge is 0.471 e. The Hall–Kier alpha value is -0.650. The van der Waals surface area contributed by atoms with E-state index in [-0.39, 0.29) is 12.2 Å². The lowest BCUT2D eigenvalue weighted by molar-refractivity contribution is -0.126. The molecule has 0 atom stereocenters. The SMILES string of the molecule is COC1(CO)CCN(CC2CCC2)CC1.COC=O. The molecule has 0 radical (unpaired) electrons. The molecule has 0 bridgehead atoms. The second kappa shape index (κ2) is 8.51. The maximum absolute atomic E-state index is 9.32. The van der Waals surface area contributed by atoms with Crippen LogP contribution in [0.4, 0.5) is 0 Å². The first kappa shape index (κ1) is 16.4. The van der Waals surface area contributed by atoms with Crippen molar-refractivity contribution in [3.8, 4) is 0 Å². The number of hydrogen-bond donors (Lipinski definition) is 1. The summed E-state index contributed by atoms with van der Waals surface area (Å²) in [5.74, 6) is 0.953. The summed E-state index contributed by atoms with van der Waals surface area (Å²) >= 11 is 0. The molecule has 1 saturated heterocycles. The topological polar surface area (TPSA) is 59.0 Å². The van der Waals surface area contributed by atoms with Gasteiger partial charge in [-0.05, 0) is 31.6 Å². The highest BCUT2D eigenvalue weighted by molar-refractivity contribution is 5.36. The van der Waals surface area contributed by atoms with Crippen molar-refractivity contribution in [2.24, 2.45) is 5.92 Å². The molecule has 1 heterocycles. The predicted molar refractivity (Wildman–Crippen MR) is 72.9 cm³/mol. The monoisotopic (exact) mass is 273 g/mol. The fourth-order valence-corrected chi connectivity index (χ4v) is 2.61. The van der Waals surface area contributed by atoms with Crippen molar-refractivity contribution < 1.29 is 19.4 Å². The van der Waals surface area contributed by atoms with Crippen LogP contribution in [0.15, 0.2) is 0 Å². The van der Waals surface area contributed by atoms with Crippen molar-refractivity contribution in [1.29, 1.82) is 0 Å². The van der Waals surface area contributed by atoms with Gasteiger partial charge in [0.05, 0.1) is 19.3 Å². The van der Waals surface area contributed by atoms with Crippen LogP contribution >= 0.6 is 0 Å². The lowest BCUT2D eigenvalue weighted by Gasteiger charge is -2.41. The van der Waals surface area contributed by atoms with E-state index in [0.717, 1.165) is 31.8 Å². The molecule has 0 aromatic rings. The molecule has 2 fully saturated rings. The molecule has 19 heavy (non-hydrogen) atoms. The fourth-order valence-electron chi connectivity index (χ4n) is 2.61. The van der Waals surface area contributed by atoms with Gasteiger partial charge in [-0.2, -0.15) is 0 Å². The molecular weight excluding hydrogens is 246 g/mol. The molecule has 0 aromatic heterocycles. The summed E-state index contributed by atoms with van der Waals surface area (Å²) < 4.78 is 9.31. The molecule has 1 aliphatic heterocycles. The van der Waals surface area contributed by atoms with Crippen molar-refractivity contribution in [2.75, 3.05) is 40.5 Å². The van der Waals surface area contributed by atoms with Crippen molar-refractivity contribution >= 4 is 6.47 Å². The number of hydrogen-bond acceptors (Lipinski definition) is 5. The number of carbonyl (C=O) groups excluding carboxylic acids is 1. The molecule has 5 heteroatoms. The van der Waals surface area contributed by atoms with E-state index in [0.29, 0.717) is 6.47 Å². The first-order valence-electron chi connectivity index (χ1n) is 7.04. The zero-order valence-corrected chi connectivity index (χ0v) is 12.1. The summed E-state index contributed by atoms with van der Waals surface area (Å²) in [5.41, 5.74) is -0.240. The van der Waals surface area contributed by atoms with Gasteiger partial charge in [0, 0.05) is 26.7 Å². The third-order valence-electron chi connectivity index (χ3n) is 4.33. The highest BCUT2D eigenvalue weighted by Gasteiger charge is 2.34. The molecule has 0 amide bonds. The van der Waals surface area contributed by atoms with Crippen LogP contribution < -0.4 is 0 Å². The molecule has 1 aliphatic carbocycles. The third-order valence-corrected chi connectivity index (χ3v) is 4.33. The number of rotatable bonds is 5. The van der Waals surface area contributed by atoms with E-state index in [2.05, 4.69) is 9.64 Å². The van der Waals surface area contributed by atoms with Crippen LogP contribution in [0.2, 0.25) is 0 Å². The molecule has 5 nitrogen and oxygen atoms in total. The second-order valence-corrected chi connectivity index (χ2v) is 5.47. The molecule has 2 aliphatic rings. The van der Waals surface area contributed by atoms with Gasteiger partial charge in [0.15, 0.2) is 0 Å². The lowest BCUT2D eigenvalue weighted by atomic mass is 9.84. The highest BCUT2D eigenvalue weighted by Crippen LogP contribution is 2.30. The Morgan fingerprint density at radius 1 is 1.32 bits per heavy atom. The van der Waals surface area contributed by atoms with Crippen molar-refractivity contribution in [3.63, 3.8) is 0 Å². The summed E-state index contributed by atoms with van der Waals surface area (Å²) in [4.78, 5) is 11.5. The normalized spacial score (nSPS) is 22.9. The molecular formula is C14H27NO4. The minimum Gasteiger partial charge on any atom is -0.471 e. The van der Waals surface area contributed by atoms with Crippen LogP contribution in [0.5, 0.6) is 0 Å². The van der Waals surface area contributed by atoms with Crippen LogP contribution in [0, 0.1) is 5.92 Å². The van der Waals surface area contributed by atoms with Crippen LogP contribution in [-0.4, -0.2) is 62.5 Å². The number of aliphatic hydroxyl groups excluding tert-OH is 1. The van der Waals surface area contributed by atoms with Gasteiger partial charge in [-0.3, -0.25) is 4.79 Å². The first-order valence-corrected chi connectivity index (χ1v) is 7.04. The number of aliphatic hydroxyl groups is 1. The summed E-state index contributed by atoms with van der Waals surface area (Å²) in [7, 11) is 3.03. The number of ether oxygens (including phenoxy) is 2. The number of piperidine rings is 1. The molecule has 112 valence electrons. The van der Waals surface area contributed by atoms with Crippen LogP contribution in [0.3, 0.4) is 0 Å². The second-order valence-electron chi connectivity index (χ2n) is 5.47. The summed E-state index contributed by atoms with van der Waals surface area (Å²) in [6.45, 7) is 3.99. The van der Waals surface area contributed by atoms with E-state index >= 15 is 0 Å². The van der Waals surface area contributed by atoms with Crippen molar-refractivity contribution in [2.45, 2.75) is 37.7 Å². The van der Waals surface area contributed by atoms with E-state index in [4.69, 9.17) is 9.53 Å². The average molecular weight is 273 g/mol. The van der Waals surface area contributed by atoms with Gasteiger partial charge in [-0.1, -0.05) is 6.42 Å². The highest BCUT2D eigenvalue weighted by atomic mass is 16.5. The van der Waals surface area contributed by atoms with Crippen LogP contribution in [0.25, 0.3) is 0 Å². The van der Waals surface area contributed by atoms with Crippen molar-refractivity contribution in [1.82, 2.24) is 4.90 Å². The van der Waals surface area contributed by atoms with E-state index in [9.17, 15) is 5.11 Å². The average Bonchev–Trinajstić information content (AvgIpc) is 2.44. The Morgan fingerprint density at radius 3 is 2.21 bits per heavy atom. The van der Waals surface area contributed by atoms with E-state index < -0.39 is 0 Å². The maximum Gasteiger partial charge on any atom is 0.292 e. The minimum absolute atomic E-state index is 0.167. The quantitative estimate of drug-likeness (QED) is 0.759. The van der Waals surface area contributed by atoms with Crippen LogP contribution in [-0.2, 0) is 14.3 Å². The number of nitrogens with zero attached hydrogens (tertiary/aromatic N) is 1. The van der Waals surface area contributed by atoms with Gasteiger partial charge in [0.25, 0.3) is 6.47 Å². The van der Waals surface area contributed by atoms with E-state index in [1.807, 2.05) is 0 Å². The fraction of sp³-hybridized carbons (Fsp3) is 0.929. The number of likely N-dealkylation sites (tertiary alicyclic amines) is 1.